The van der Waals surface area contributed by atoms with E-state index >= 15 is 0 Å². The third kappa shape index (κ3) is 3.42. The summed E-state index contributed by atoms with van der Waals surface area (Å²) < 4.78 is 11.4. The van der Waals surface area contributed by atoms with Gasteiger partial charge in [0, 0.05) is 0 Å². The Bertz CT molecular complexity index is 777. The van der Waals surface area contributed by atoms with Crippen LogP contribution in [0.1, 0.15) is 0 Å². The average molecular weight is 403 g/mol. The predicted octanol–water partition coefficient (Wildman–Crippen LogP) is 3.01. The predicted molar refractivity (Wildman–Crippen MR) is 102 cm³/mol. The van der Waals surface area contributed by atoms with E-state index in [1.807, 2.05) is 36.4 Å². The van der Waals surface area contributed by atoms with Crippen LogP contribution in [-0.2, 0) is 0 Å². The van der Waals surface area contributed by atoms with Crippen LogP contribution >= 0.6 is 23.9 Å². The van der Waals surface area contributed by atoms with E-state index in [1.165, 1.54) is 17.7 Å². The maximum Gasteiger partial charge on any atom is 0.320 e. The normalized spacial score (nSPS) is 10.7. The third-order valence-electron chi connectivity index (χ3n) is 3.42. The molecule has 0 aliphatic heterocycles. The number of aromatic nitrogens is 2. The van der Waals surface area contributed by atoms with Crippen LogP contribution in [0.5, 0.6) is 11.9 Å². The lowest BCUT2D eigenvalue weighted by Crippen LogP contribution is -2.24. The van der Waals surface area contributed by atoms with E-state index in [0.717, 1.165) is 5.30 Å². The number of methoxy groups -OCH3 is 2. The van der Waals surface area contributed by atoms with Crippen LogP contribution in [0, 0.1) is 0 Å². The van der Waals surface area contributed by atoms with Gasteiger partial charge in [-0.15, -0.1) is 0 Å². The number of nitrogens with zero attached hydrogens (tertiary/aromatic N) is 2. The van der Waals surface area contributed by atoms with Crippen molar-refractivity contribution < 1.29 is 9.47 Å². The fourth-order valence-corrected chi connectivity index (χ4v) is 5.55. The molecule has 24 heavy (non-hydrogen) atoms. The Balaban J connectivity index is 2.24. The maximum absolute atomic E-state index is 5.55. The van der Waals surface area contributed by atoms with Gasteiger partial charge in [0.05, 0.1) is 19.5 Å². The van der Waals surface area contributed by atoms with Crippen molar-refractivity contribution in [2.75, 3.05) is 14.2 Å². The van der Waals surface area contributed by atoms with Gasteiger partial charge in [0.15, 0.2) is 0 Å². The van der Waals surface area contributed by atoms with Crippen LogP contribution in [0.2, 0.25) is 0 Å². The molecule has 1 aromatic heterocycles. The minimum Gasteiger partial charge on any atom is -0.480 e. The molecule has 0 saturated carbocycles. The van der Waals surface area contributed by atoms with Gasteiger partial charge in [-0.3, -0.25) is 0 Å². The van der Waals surface area contributed by atoms with Gasteiger partial charge in [-0.1, -0.05) is 60.7 Å². The summed E-state index contributed by atoms with van der Waals surface area (Å²) in [4.78, 5) is 8.76. The highest BCUT2D eigenvalue weighted by Gasteiger charge is 2.26. The van der Waals surface area contributed by atoms with Crippen molar-refractivity contribution in [3.8, 4) is 11.9 Å². The molecule has 1 heterocycles. The van der Waals surface area contributed by atoms with Crippen LogP contribution in [0.3, 0.4) is 0 Å². The molecule has 0 spiro atoms. The molecule has 6 heteroatoms. The molecular weight excluding hydrogens is 387 g/mol. The molecule has 122 valence electrons. The van der Waals surface area contributed by atoms with Gasteiger partial charge < -0.3 is 9.47 Å². The first-order valence-corrected chi connectivity index (χ1v) is 9.43. The van der Waals surface area contributed by atoms with Crippen LogP contribution in [0.4, 0.5) is 0 Å². The zero-order chi connectivity index (χ0) is 16.9. The number of halogens is 1. The molecular formula is C18H16BrN2O2P. The summed E-state index contributed by atoms with van der Waals surface area (Å²) in [5, 5.41) is 3.34. The summed E-state index contributed by atoms with van der Waals surface area (Å²) in [7, 11) is 2.29. The van der Waals surface area contributed by atoms with Crippen molar-refractivity contribution in [3.05, 3.63) is 65.3 Å². The van der Waals surface area contributed by atoms with E-state index < -0.39 is 7.92 Å². The number of hydrogen-bond donors (Lipinski definition) is 0. The Hall–Kier alpha value is -1.97. The highest BCUT2D eigenvalue weighted by atomic mass is 79.9. The molecule has 4 nitrogen and oxygen atoms in total. The van der Waals surface area contributed by atoms with Crippen LogP contribution in [0.25, 0.3) is 0 Å². The first kappa shape index (κ1) is 16.9. The summed E-state index contributed by atoms with van der Waals surface area (Å²) in [6.45, 7) is 0. The van der Waals surface area contributed by atoms with Crippen LogP contribution in [0.15, 0.2) is 65.3 Å². The second-order valence-electron chi connectivity index (χ2n) is 4.87. The summed E-state index contributed by atoms with van der Waals surface area (Å²) in [6.07, 6.45) is 0. The monoisotopic (exact) mass is 402 g/mol. The molecule has 0 aliphatic rings. The number of rotatable bonds is 5. The zero-order valence-electron chi connectivity index (χ0n) is 13.3. The highest BCUT2D eigenvalue weighted by molar-refractivity contribution is 9.10. The summed E-state index contributed by atoms with van der Waals surface area (Å²) in [5.41, 5.74) is 0. The van der Waals surface area contributed by atoms with E-state index in [2.05, 4.69) is 50.2 Å². The van der Waals surface area contributed by atoms with Gasteiger partial charge in [-0.2, -0.15) is 9.97 Å². The third-order valence-corrected chi connectivity index (χ3v) is 6.78. The van der Waals surface area contributed by atoms with Crippen LogP contribution < -0.4 is 25.4 Å². The molecule has 0 amide bonds. The average Bonchev–Trinajstić information content (AvgIpc) is 2.64. The molecule has 0 saturated heterocycles. The number of benzene rings is 2. The SMILES string of the molecule is COc1nc(Br)c(P(c2ccccc2)c2ccccc2)c(OC)n1. The van der Waals surface area contributed by atoms with E-state index in [0.29, 0.717) is 10.5 Å². The summed E-state index contributed by atoms with van der Waals surface area (Å²) in [5.74, 6) is 0.521. The highest BCUT2D eigenvalue weighted by Crippen LogP contribution is 2.38. The van der Waals surface area contributed by atoms with Crippen molar-refractivity contribution in [2.24, 2.45) is 0 Å². The number of hydrogen-bond acceptors (Lipinski definition) is 4. The molecule has 0 atom stereocenters. The molecule has 3 aromatic rings. The Morgan fingerprint density at radius 1 is 0.792 bits per heavy atom. The number of ether oxygens (including phenoxy) is 2. The summed E-state index contributed by atoms with van der Waals surface area (Å²) in [6, 6.07) is 20.9. The largest absolute Gasteiger partial charge is 0.480 e. The van der Waals surface area contributed by atoms with Gasteiger partial charge >= 0.3 is 6.01 Å². The van der Waals surface area contributed by atoms with Gasteiger partial charge in [0.2, 0.25) is 5.88 Å². The van der Waals surface area contributed by atoms with Gasteiger partial charge in [-0.25, -0.2) is 0 Å². The lowest BCUT2D eigenvalue weighted by atomic mass is 10.4. The Kier molecular flexibility index (Phi) is 5.44. The van der Waals surface area contributed by atoms with E-state index in [4.69, 9.17) is 9.47 Å². The van der Waals surface area contributed by atoms with E-state index in [9.17, 15) is 0 Å². The first-order chi connectivity index (χ1) is 11.7. The molecule has 2 aromatic carbocycles. The standard InChI is InChI=1S/C18H16BrN2O2P/c1-22-17-15(16(19)20-18(21-17)23-2)24(13-9-5-3-6-10-13)14-11-7-4-8-12-14/h3-12H,1-2H3. The van der Waals surface area contributed by atoms with Gasteiger partial charge in [0.25, 0.3) is 0 Å². The summed E-state index contributed by atoms with van der Waals surface area (Å²) >= 11 is 3.58. The molecule has 0 unspecified atom stereocenters. The van der Waals surface area contributed by atoms with Crippen molar-refractivity contribution in [3.63, 3.8) is 0 Å². The molecule has 3 rings (SSSR count). The molecule has 0 aliphatic carbocycles. The van der Waals surface area contributed by atoms with Gasteiger partial charge in [-0.05, 0) is 34.5 Å². The minimum absolute atomic E-state index is 0.276. The van der Waals surface area contributed by atoms with Crippen molar-refractivity contribution >= 4 is 39.8 Å². The Morgan fingerprint density at radius 3 is 1.79 bits per heavy atom. The second kappa shape index (κ2) is 7.73. The van der Waals surface area contributed by atoms with Gasteiger partial charge in [0.1, 0.15) is 4.60 Å². The lowest BCUT2D eigenvalue weighted by molar-refractivity contribution is 0.353. The molecule has 0 radical (unpaired) electrons. The van der Waals surface area contributed by atoms with Crippen molar-refractivity contribution in [1.29, 1.82) is 0 Å². The fourth-order valence-electron chi connectivity index (χ4n) is 2.37. The van der Waals surface area contributed by atoms with E-state index in [1.54, 1.807) is 7.11 Å². The second-order valence-corrected chi connectivity index (χ2v) is 7.77. The smallest absolute Gasteiger partial charge is 0.320 e. The molecule has 0 bridgehead atoms. The van der Waals surface area contributed by atoms with Crippen molar-refractivity contribution in [2.45, 2.75) is 0 Å². The van der Waals surface area contributed by atoms with E-state index in [-0.39, 0.29) is 6.01 Å². The molecule has 0 N–H and O–H groups in total. The van der Waals surface area contributed by atoms with Crippen molar-refractivity contribution in [1.82, 2.24) is 9.97 Å². The quantitative estimate of drug-likeness (QED) is 0.486. The Morgan fingerprint density at radius 2 is 1.33 bits per heavy atom. The van der Waals surface area contributed by atoms with Crippen LogP contribution in [-0.4, -0.2) is 24.2 Å². The lowest BCUT2D eigenvalue weighted by Gasteiger charge is -2.21. The topological polar surface area (TPSA) is 44.2 Å². The molecule has 0 fully saturated rings. The minimum atomic E-state index is -0.863. The maximum atomic E-state index is 5.55. The first-order valence-electron chi connectivity index (χ1n) is 7.30. The zero-order valence-corrected chi connectivity index (χ0v) is 15.8. The Labute approximate surface area is 150 Å². The fraction of sp³-hybridized carbons (Fsp3) is 0.111.